The zero-order valence-electron chi connectivity index (χ0n) is 17.6. The third-order valence-corrected chi connectivity index (χ3v) is 5.17. The Bertz CT molecular complexity index is 1150. The number of nitrogens with one attached hydrogen (secondary N) is 1. The molecule has 0 saturated carbocycles. The lowest BCUT2D eigenvalue weighted by molar-refractivity contribution is -0.119. The maximum atomic E-state index is 12.9. The molecule has 0 spiro atoms. The predicted molar refractivity (Wildman–Crippen MR) is 118 cm³/mol. The molecule has 1 atom stereocenters. The summed E-state index contributed by atoms with van der Waals surface area (Å²) in [7, 11) is 0. The number of nitrogens with zero attached hydrogens (tertiary/aromatic N) is 2. The zero-order chi connectivity index (χ0) is 21.8. The quantitative estimate of drug-likeness (QED) is 0.622. The van der Waals surface area contributed by atoms with Crippen LogP contribution in [0.2, 0.25) is 0 Å². The minimum Gasteiger partial charge on any atom is -0.324 e. The SMILES string of the molecule is CC[C@H](C(=O)Nc1ccc(C(C)=O)cc1)n1nc(-c2ccc(C)c(C)c2)ccc1=O. The summed E-state index contributed by atoms with van der Waals surface area (Å²) >= 11 is 0. The van der Waals surface area contributed by atoms with Crippen molar-refractivity contribution < 1.29 is 9.59 Å². The zero-order valence-corrected chi connectivity index (χ0v) is 17.6. The van der Waals surface area contributed by atoms with Crippen molar-refractivity contribution in [1.82, 2.24) is 9.78 Å². The second-order valence-electron chi connectivity index (χ2n) is 7.35. The average Bonchev–Trinajstić information content (AvgIpc) is 2.72. The molecule has 6 heteroatoms. The summed E-state index contributed by atoms with van der Waals surface area (Å²) in [6.45, 7) is 7.38. The van der Waals surface area contributed by atoms with Gasteiger partial charge in [0, 0.05) is 22.9 Å². The van der Waals surface area contributed by atoms with Crippen molar-refractivity contribution in [2.45, 2.75) is 40.2 Å². The van der Waals surface area contributed by atoms with Gasteiger partial charge in [-0.25, -0.2) is 4.68 Å². The second kappa shape index (κ2) is 8.86. The molecule has 1 amide bonds. The van der Waals surface area contributed by atoms with Gasteiger partial charge < -0.3 is 5.32 Å². The predicted octanol–water partition coefficient (Wildman–Crippen LogP) is 4.32. The molecule has 3 rings (SSSR count). The van der Waals surface area contributed by atoms with Crippen LogP contribution in [0.1, 0.15) is 47.8 Å². The number of carbonyl (C=O) groups is 2. The van der Waals surface area contributed by atoms with E-state index in [0.29, 0.717) is 23.4 Å². The number of hydrogen-bond acceptors (Lipinski definition) is 4. The van der Waals surface area contributed by atoms with E-state index in [-0.39, 0.29) is 17.2 Å². The minimum absolute atomic E-state index is 0.0433. The van der Waals surface area contributed by atoms with Crippen molar-refractivity contribution in [1.29, 1.82) is 0 Å². The first-order valence-electron chi connectivity index (χ1n) is 9.89. The van der Waals surface area contributed by atoms with Crippen LogP contribution < -0.4 is 10.9 Å². The van der Waals surface area contributed by atoms with Crippen molar-refractivity contribution >= 4 is 17.4 Å². The van der Waals surface area contributed by atoms with Gasteiger partial charge in [-0.3, -0.25) is 14.4 Å². The Balaban J connectivity index is 1.89. The van der Waals surface area contributed by atoms with E-state index in [1.54, 1.807) is 30.3 Å². The Labute approximate surface area is 175 Å². The van der Waals surface area contributed by atoms with E-state index in [2.05, 4.69) is 10.4 Å². The van der Waals surface area contributed by atoms with E-state index in [9.17, 15) is 14.4 Å². The van der Waals surface area contributed by atoms with Crippen molar-refractivity contribution in [2.24, 2.45) is 0 Å². The lowest BCUT2D eigenvalue weighted by Crippen LogP contribution is -2.34. The molecular weight excluding hydrogens is 378 g/mol. The van der Waals surface area contributed by atoms with Gasteiger partial charge in [0.15, 0.2) is 5.78 Å². The largest absolute Gasteiger partial charge is 0.324 e. The normalized spacial score (nSPS) is 11.7. The van der Waals surface area contributed by atoms with E-state index in [4.69, 9.17) is 0 Å². The summed E-state index contributed by atoms with van der Waals surface area (Å²) in [5.41, 5.74) is 4.62. The number of anilines is 1. The molecule has 6 nitrogen and oxygen atoms in total. The summed E-state index contributed by atoms with van der Waals surface area (Å²) in [6.07, 6.45) is 0.403. The number of Topliss-reactive ketones (excluding diaryl/α,β-unsaturated/α-hetero) is 1. The lowest BCUT2D eigenvalue weighted by atomic mass is 10.0. The number of aryl methyl sites for hydroxylation is 2. The maximum absolute atomic E-state index is 12.9. The van der Waals surface area contributed by atoms with Gasteiger partial charge in [-0.1, -0.05) is 19.1 Å². The van der Waals surface area contributed by atoms with Crippen molar-refractivity contribution in [3.63, 3.8) is 0 Å². The first-order chi connectivity index (χ1) is 14.3. The topological polar surface area (TPSA) is 81.1 Å². The van der Waals surface area contributed by atoms with Crippen molar-refractivity contribution in [2.75, 3.05) is 5.32 Å². The Morgan fingerprint density at radius 1 is 1.00 bits per heavy atom. The Hall–Kier alpha value is -3.54. The maximum Gasteiger partial charge on any atom is 0.267 e. The van der Waals surface area contributed by atoms with Crippen LogP contribution in [0, 0.1) is 13.8 Å². The number of rotatable bonds is 6. The van der Waals surface area contributed by atoms with Crippen LogP contribution in [0.15, 0.2) is 59.4 Å². The summed E-state index contributed by atoms with van der Waals surface area (Å²) in [5, 5.41) is 7.29. The van der Waals surface area contributed by atoms with E-state index in [1.807, 2.05) is 39.0 Å². The molecule has 0 radical (unpaired) electrons. The monoisotopic (exact) mass is 403 g/mol. The van der Waals surface area contributed by atoms with E-state index in [0.717, 1.165) is 11.1 Å². The number of amides is 1. The molecule has 0 unspecified atom stereocenters. The van der Waals surface area contributed by atoms with Crippen LogP contribution in [-0.2, 0) is 4.79 Å². The third-order valence-electron chi connectivity index (χ3n) is 5.17. The third kappa shape index (κ3) is 4.54. The van der Waals surface area contributed by atoms with Gasteiger partial charge in [0.05, 0.1) is 5.69 Å². The second-order valence-corrected chi connectivity index (χ2v) is 7.35. The van der Waals surface area contributed by atoms with Crippen LogP contribution >= 0.6 is 0 Å². The molecule has 154 valence electrons. The minimum atomic E-state index is -0.753. The molecular formula is C24H25N3O3. The number of hydrogen-bond donors (Lipinski definition) is 1. The first kappa shape index (κ1) is 21.2. The number of aromatic nitrogens is 2. The van der Waals surface area contributed by atoms with Gasteiger partial charge in [0.1, 0.15) is 6.04 Å². The standard InChI is InChI=1S/C24H25N3O3/c1-5-22(24(30)25-20-10-8-18(9-11-20)17(4)28)27-23(29)13-12-21(26-27)19-7-6-15(2)16(3)14-19/h6-14,22H,5H2,1-4H3,(H,25,30)/t22-/m1/s1. The van der Waals surface area contributed by atoms with Gasteiger partial charge >= 0.3 is 0 Å². The van der Waals surface area contributed by atoms with Gasteiger partial charge in [0.2, 0.25) is 5.91 Å². The Morgan fingerprint density at radius 3 is 2.30 bits per heavy atom. The molecule has 0 saturated heterocycles. The number of benzene rings is 2. The molecule has 1 heterocycles. The van der Waals surface area contributed by atoms with E-state index in [1.165, 1.54) is 23.2 Å². The highest BCUT2D eigenvalue weighted by atomic mass is 16.2. The highest BCUT2D eigenvalue weighted by Crippen LogP contribution is 2.21. The summed E-state index contributed by atoms with van der Waals surface area (Å²) in [5.74, 6) is -0.377. The lowest BCUT2D eigenvalue weighted by Gasteiger charge is -2.18. The Morgan fingerprint density at radius 2 is 1.70 bits per heavy atom. The van der Waals surface area contributed by atoms with Crippen LogP contribution in [0.4, 0.5) is 5.69 Å². The van der Waals surface area contributed by atoms with Crippen LogP contribution in [0.25, 0.3) is 11.3 Å². The summed E-state index contributed by atoms with van der Waals surface area (Å²) in [4.78, 5) is 36.8. The molecule has 1 N–H and O–H groups in total. The first-order valence-corrected chi connectivity index (χ1v) is 9.89. The fraction of sp³-hybridized carbons (Fsp3) is 0.250. The molecule has 3 aromatic rings. The Kier molecular flexibility index (Phi) is 6.26. The van der Waals surface area contributed by atoms with Gasteiger partial charge in [-0.05, 0) is 74.7 Å². The fourth-order valence-electron chi connectivity index (χ4n) is 3.19. The summed E-state index contributed by atoms with van der Waals surface area (Å²) in [6, 6.07) is 15.0. The highest BCUT2D eigenvalue weighted by Gasteiger charge is 2.21. The molecule has 0 bridgehead atoms. The van der Waals surface area contributed by atoms with Crippen molar-refractivity contribution in [3.8, 4) is 11.3 Å². The molecule has 0 aliphatic carbocycles. The van der Waals surface area contributed by atoms with Crippen molar-refractivity contribution in [3.05, 3.63) is 81.6 Å². The van der Waals surface area contributed by atoms with Crippen LogP contribution in [0.3, 0.4) is 0 Å². The van der Waals surface area contributed by atoms with Gasteiger partial charge in [-0.15, -0.1) is 0 Å². The average molecular weight is 403 g/mol. The fourth-order valence-corrected chi connectivity index (χ4v) is 3.19. The van der Waals surface area contributed by atoms with Gasteiger partial charge in [0.25, 0.3) is 5.56 Å². The van der Waals surface area contributed by atoms with Gasteiger partial charge in [-0.2, -0.15) is 5.10 Å². The van der Waals surface area contributed by atoms with Crippen LogP contribution in [0.5, 0.6) is 0 Å². The number of ketones is 1. The van der Waals surface area contributed by atoms with E-state index >= 15 is 0 Å². The molecule has 0 aliphatic heterocycles. The van der Waals surface area contributed by atoms with E-state index < -0.39 is 6.04 Å². The van der Waals surface area contributed by atoms with Crippen LogP contribution in [-0.4, -0.2) is 21.5 Å². The summed E-state index contributed by atoms with van der Waals surface area (Å²) < 4.78 is 1.24. The molecule has 30 heavy (non-hydrogen) atoms. The smallest absolute Gasteiger partial charge is 0.267 e. The molecule has 0 fully saturated rings. The highest BCUT2D eigenvalue weighted by molar-refractivity contribution is 5.96. The number of carbonyl (C=O) groups excluding carboxylic acids is 2. The molecule has 0 aliphatic rings. The molecule has 1 aromatic heterocycles. The molecule has 2 aromatic carbocycles.